The summed E-state index contributed by atoms with van der Waals surface area (Å²) in [7, 11) is 0. The fraction of sp³-hybridized carbons (Fsp3) is 0.118. The number of H-pyrrole nitrogens is 1. The molecule has 3 nitrogen and oxygen atoms in total. The average Bonchev–Trinajstić information content (AvgIpc) is 3.02. The topological polar surface area (TPSA) is 40.7 Å². The van der Waals surface area contributed by atoms with Gasteiger partial charge in [0, 0.05) is 17.8 Å². The molecule has 0 aliphatic carbocycles. The van der Waals surface area contributed by atoms with E-state index in [0.717, 1.165) is 23.4 Å². The fourth-order valence-corrected chi connectivity index (χ4v) is 2.29. The largest absolute Gasteiger partial charge is 0.416 e. The van der Waals surface area contributed by atoms with Gasteiger partial charge in [0.05, 0.1) is 17.5 Å². The molecule has 0 amide bonds. The first-order chi connectivity index (χ1) is 11.4. The van der Waals surface area contributed by atoms with Crippen LogP contribution in [0.3, 0.4) is 0 Å². The summed E-state index contributed by atoms with van der Waals surface area (Å²) in [4.78, 5) is 0. The molecule has 2 aromatic carbocycles. The minimum Gasteiger partial charge on any atom is -0.381 e. The highest BCUT2D eigenvalue weighted by Crippen LogP contribution is 2.31. The normalized spacial score (nSPS) is 11.5. The number of hydrogen-bond acceptors (Lipinski definition) is 2. The number of hydrogen-bond donors (Lipinski definition) is 2. The number of nitrogens with zero attached hydrogens (tertiary/aromatic N) is 1. The van der Waals surface area contributed by atoms with Crippen molar-refractivity contribution in [2.24, 2.45) is 0 Å². The summed E-state index contributed by atoms with van der Waals surface area (Å²) in [5.74, 6) is -0.325. The van der Waals surface area contributed by atoms with Gasteiger partial charge in [-0.15, -0.1) is 0 Å². The van der Waals surface area contributed by atoms with Gasteiger partial charge in [-0.2, -0.15) is 18.3 Å². The Morgan fingerprint density at radius 3 is 2.25 bits per heavy atom. The second kappa shape index (κ2) is 6.35. The molecule has 0 saturated carbocycles. The molecule has 0 aliphatic rings. The lowest BCUT2D eigenvalue weighted by molar-refractivity contribution is -0.137. The smallest absolute Gasteiger partial charge is 0.381 e. The minimum absolute atomic E-state index is 0.325. The number of aromatic amines is 1. The van der Waals surface area contributed by atoms with Crippen molar-refractivity contribution in [3.8, 4) is 11.3 Å². The number of alkyl halides is 3. The summed E-state index contributed by atoms with van der Waals surface area (Å²) in [5.41, 5.74) is 2.07. The Balaban J connectivity index is 1.76. The van der Waals surface area contributed by atoms with E-state index in [4.69, 9.17) is 0 Å². The highest BCUT2D eigenvalue weighted by molar-refractivity contribution is 5.63. The van der Waals surface area contributed by atoms with E-state index in [1.165, 1.54) is 24.3 Å². The molecule has 24 heavy (non-hydrogen) atoms. The fourth-order valence-electron chi connectivity index (χ4n) is 2.29. The maximum absolute atomic E-state index is 12.9. The van der Waals surface area contributed by atoms with E-state index in [1.807, 2.05) is 0 Å². The number of aromatic nitrogens is 2. The van der Waals surface area contributed by atoms with Crippen LogP contribution in [-0.4, -0.2) is 10.2 Å². The molecule has 1 aromatic heterocycles. The van der Waals surface area contributed by atoms with Crippen LogP contribution in [0.5, 0.6) is 0 Å². The molecule has 0 spiro atoms. The van der Waals surface area contributed by atoms with Gasteiger partial charge in [0.1, 0.15) is 5.82 Å². The predicted octanol–water partition coefficient (Wildman–Crippen LogP) is 4.85. The Labute approximate surface area is 135 Å². The number of nitrogens with one attached hydrogen (secondary N) is 2. The van der Waals surface area contributed by atoms with Crippen molar-refractivity contribution in [3.05, 3.63) is 71.7 Å². The van der Waals surface area contributed by atoms with Crippen molar-refractivity contribution in [2.75, 3.05) is 5.32 Å². The molecule has 0 bridgehead atoms. The Kier molecular flexibility index (Phi) is 4.24. The molecular formula is C17H13F4N3. The van der Waals surface area contributed by atoms with E-state index in [1.54, 1.807) is 18.3 Å². The Bertz CT molecular complexity index is 805. The second-order valence-corrected chi connectivity index (χ2v) is 5.21. The molecule has 0 fully saturated rings. The van der Waals surface area contributed by atoms with Crippen LogP contribution in [0.2, 0.25) is 0 Å². The molecule has 0 saturated heterocycles. The number of halogens is 4. The van der Waals surface area contributed by atoms with Crippen molar-refractivity contribution in [3.63, 3.8) is 0 Å². The van der Waals surface area contributed by atoms with Crippen LogP contribution >= 0.6 is 0 Å². The van der Waals surface area contributed by atoms with Crippen molar-refractivity contribution in [1.82, 2.24) is 10.2 Å². The van der Waals surface area contributed by atoms with Gasteiger partial charge in [-0.05, 0) is 42.0 Å². The molecule has 0 atom stereocenters. The summed E-state index contributed by atoms with van der Waals surface area (Å²) in [6.07, 6.45) is -2.76. The van der Waals surface area contributed by atoms with Gasteiger partial charge in [0.2, 0.25) is 0 Å². The molecule has 0 unspecified atom stereocenters. The number of benzene rings is 2. The first-order valence-electron chi connectivity index (χ1n) is 7.13. The summed E-state index contributed by atoms with van der Waals surface area (Å²) >= 11 is 0. The van der Waals surface area contributed by atoms with Crippen molar-refractivity contribution in [1.29, 1.82) is 0 Å². The van der Waals surface area contributed by atoms with E-state index >= 15 is 0 Å². The van der Waals surface area contributed by atoms with Gasteiger partial charge in [0.25, 0.3) is 0 Å². The lowest BCUT2D eigenvalue weighted by Gasteiger charge is -2.09. The Morgan fingerprint density at radius 2 is 1.62 bits per heavy atom. The van der Waals surface area contributed by atoms with Crippen LogP contribution in [0.15, 0.2) is 54.7 Å². The van der Waals surface area contributed by atoms with Gasteiger partial charge in [-0.1, -0.05) is 12.1 Å². The van der Waals surface area contributed by atoms with Gasteiger partial charge < -0.3 is 5.32 Å². The van der Waals surface area contributed by atoms with E-state index in [0.29, 0.717) is 17.8 Å². The Morgan fingerprint density at radius 1 is 0.958 bits per heavy atom. The molecular weight excluding hydrogens is 322 g/mol. The van der Waals surface area contributed by atoms with E-state index < -0.39 is 11.7 Å². The minimum atomic E-state index is -4.36. The van der Waals surface area contributed by atoms with Crippen LogP contribution in [-0.2, 0) is 12.7 Å². The predicted molar refractivity (Wildman–Crippen MR) is 82.8 cm³/mol. The SMILES string of the molecule is Fc1ccc(NCc2cn[nH]c2-c2ccc(C(F)(F)F)cc2)cc1. The average molecular weight is 335 g/mol. The highest BCUT2D eigenvalue weighted by atomic mass is 19.4. The van der Waals surface area contributed by atoms with Crippen molar-refractivity contribution in [2.45, 2.75) is 12.7 Å². The van der Waals surface area contributed by atoms with Crippen LogP contribution in [0.1, 0.15) is 11.1 Å². The molecule has 124 valence electrons. The van der Waals surface area contributed by atoms with Gasteiger partial charge in [-0.25, -0.2) is 4.39 Å². The van der Waals surface area contributed by atoms with Gasteiger partial charge >= 0.3 is 6.18 Å². The zero-order valence-corrected chi connectivity index (χ0v) is 12.4. The van der Waals surface area contributed by atoms with Crippen LogP contribution in [0.4, 0.5) is 23.2 Å². The van der Waals surface area contributed by atoms with E-state index in [9.17, 15) is 17.6 Å². The maximum atomic E-state index is 12.9. The first-order valence-corrected chi connectivity index (χ1v) is 7.13. The quantitative estimate of drug-likeness (QED) is 0.669. The monoisotopic (exact) mass is 335 g/mol. The highest BCUT2D eigenvalue weighted by Gasteiger charge is 2.30. The number of rotatable bonds is 4. The lowest BCUT2D eigenvalue weighted by atomic mass is 10.1. The van der Waals surface area contributed by atoms with E-state index in [2.05, 4.69) is 15.5 Å². The third-order valence-corrected chi connectivity index (χ3v) is 3.55. The van der Waals surface area contributed by atoms with E-state index in [-0.39, 0.29) is 5.82 Å². The number of anilines is 1. The molecule has 7 heteroatoms. The first kappa shape index (κ1) is 16.0. The zero-order chi connectivity index (χ0) is 17.2. The molecule has 1 heterocycles. The molecule has 0 aliphatic heterocycles. The standard InChI is InChI=1S/C17H13F4N3/c18-14-5-7-15(8-6-14)22-9-12-10-23-24-16(12)11-1-3-13(4-2-11)17(19,20)21/h1-8,10,22H,9H2,(H,23,24). The molecule has 0 radical (unpaired) electrons. The van der Waals surface area contributed by atoms with Crippen molar-refractivity contribution >= 4 is 5.69 Å². The van der Waals surface area contributed by atoms with Crippen LogP contribution in [0.25, 0.3) is 11.3 Å². The third-order valence-electron chi connectivity index (χ3n) is 3.55. The Hall–Kier alpha value is -2.83. The van der Waals surface area contributed by atoms with Crippen molar-refractivity contribution < 1.29 is 17.6 Å². The summed E-state index contributed by atoms with van der Waals surface area (Å²) in [6, 6.07) is 10.8. The molecule has 3 rings (SSSR count). The summed E-state index contributed by atoms with van der Waals surface area (Å²) in [6.45, 7) is 0.401. The van der Waals surface area contributed by atoms with Crippen LogP contribution in [0, 0.1) is 5.82 Å². The zero-order valence-electron chi connectivity index (χ0n) is 12.4. The lowest BCUT2D eigenvalue weighted by Crippen LogP contribution is -2.04. The molecule has 2 N–H and O–H groups in total. The van der Waals surface area contributed by atoms with Gasteiger partial charge in [0.15, 0.2) is 0 Å². The summed E-state index contributed by atoms with van der Waals surface area (Å²) in [5, 5.41) is 9.86. The summed E-state index contributed by atoms with van der Waals surface area (Å²) < 4.78 is 50.7. The maximum Gasteiger partial charge on any atom is 0.416 e. The second-order valence-electron chi connectivity index (χ2n) is 5.21. The van der Waals surface area contributed by atoms with Crippen LogP contribution < -0.4 is 5.32 Å². The molecule has 3 aromatic rings. The van der Waals surface area contributed by atoms with Gasteiger partial charge in [-0.3, -0.25) is 5.10 Å². The third kappa shape index (κ3) is 3.56.